The van der Waals surface area contributed by atoms with E-state index in [2.05, 4.69) is 15.0 Å². The van der Waals surface area contributed by atoms with Crippen molar-refractivity contribution in [3.63, 3.8) is 0 Å². The molecule has 0 saturated carbocycles. The monoisotopic (exact) mass is 302 g/mol. The molecule has 0 spiro atoms. The average molecular weight is 302 g/mol. The number of thiazole rings is 1. The van der Waals surface area contributed by atoms with Crippen LogP contribution in [0.3, 0.4) is 0 Å². The number of fused-ring (bicyclic) bond motifs is 1. The third-order valence-electron chi connectivity index (χ3n) is 3.47. The fraction of sp³-hybridized carbons (Fsp3) is 0.267. The number of carbonyl (C=O) groups excluding carboxylic acids is 2. The minimum atomic E-state index is -0.453. The lowest BCUT2D eigenvalue weighted by atomic mass is 10.1. The molecule has 0 fully saturated rings. The molecule has 1 amide bonds. The van der Waals surface area contributed by atoms with Crippen molar-refractivity contribution in [2.24, 2.45) is 0 Å². The number of hydrogen-bond acceptors (Lipinski definition) is 5. The molecule has 1 N–H and O–H groups in total. The van der Waals surface area contributed by atoms with Crippen LogP contribution in [0.1, 0.15) is 37.6 Å². The summed E-state index contributed by atoms with van der Waals surface area (Å²) in [6.07, 6.45) is 4.66. The number of carbonyl (C=O) groups is 2. The molecule has 0 bridgehead atoms. The fourth-order valence-electron chi connectivity index (χ4n) is 2.41. The number of ether oxygens (including phenoxy) is 1. The predicted octanol–water partition coefficient (Wildman–Crippen LogP) is 2.67. The lowest BCUT2D eigenvalue weighted by Crippen LogP contribution is -2.12. The average Bonchev–Trinajstić information content (AvgIpc) is 3.14. The van der Waals surface area contributed by atoms with Crippen molar-refractivity contribution >= 4 is 28.3 Å². The number of nitrogens with zero attached hydrogens (tertiary/aromatic N) is 1. The van der Waals surface area contributed by atoms with Crippen LogP contribution in [0.4, 0.5) is 5.13 Å². The minimum absolute atomic E-state index is 0.213. The first-order chi connectivity index (χ1) is 10.2. The second kappa shape index (κ2) is 5.65. The zero-order valence-corrected chi connectivity index (χ0v) is 12.3. The summed E-state index contributed by atoms with van der Waals surface area (Å²) in [6, 6.07) is 5.78. The van der Waals surface area contributed by atoms with Gasteiger partial charge in [-0.1, -0.05) is 17.4 Å². The summed E-state index contributed by atoms with van der Waals surface area (Å²) in [6.45, 7) is 0. The topological polar surface area (TPSA) is 68.3 Å². The molecular weight excluding hydrogens is 288 g/mol. The Labute approximate surface area is 126 Å². The molecule has 2 aromatic rings. The largest absolute Gasteiger partial charge is 0.465 e. The molecule has 1 aliphatic rings. The van der Waals surface area contributed by atoms with E-state index in [0.717, 1.165) is 30.6 Å². The second-order valence-corrected chi connectivity index (χ2v) is 5.84. The maximum Gasteiger partial charge on any atom is 0.349 e. The van der Waals surface area contributed by atoms with E-state index in [9.17, 15) is 9.59 Å². The van der Waals surface area contributed by atoms with E-state index >= 15 is 0 Å². The van der Waals surface area contributed by atoms with Crippen molar-refractivity contribution in [1.29, 1.82) is 0 Å². The van der Waals surface area contributed by atoms with Crippen molar-refractivity contribution in [3.05, 3.63) is 46.0 Å². The number of methoxy groups -OCH3 is 1. The summed E-state index contributed by atoms with van der Waals surface area (Å²) in [7, 11) is 1.31. The first-order valence-corrected chi connectivity index (χ1v) is 7.46. The third kappa shape index (κ3) is 2.80. The van der Waals surface area contributed by atoms with E-state index in [4.69, 9.17) is 0 Å². The second-order valence-electron chi connectivity index (χ2n) is 4.81. The van der Waals surface area contributed by atoms with Crippen LogP contribution in [0.5, 0.6) is 0 Å². The van der Waals surface area contributed by atoms with Crippen LogP contribution in [-0.2, 0) is 17.6 Å². The van der Waals surface area contributed by atoms with E-state index in [1.807, 2.05) is 18.2 Å². The highest BCUT2D eigenvalue weighted by atomic mass is 32.1. The number of aromatic nitrogens is 1. The summed E-state index contributed by atoms with van der Waals surface area (Å²) < 4.78 is 4.61. The van der Waals surface area contributed by atoms with Gasteiger partial charge in [0.2, 0.25) is 0 Å². The zero-order valence-electron chi connectivity index (χ0n) is 11.5. The number of amides is 1. The highest BCUT2D eigenvalue weighted by Crippen LogP contribution is 2.24. The molecule has 0 unspecified atom stereocenters. The molecule has 21 heavy (non-hydrogen) atoms. The summed E-state index contributed by atoms with van der Waals surface area (Å²) >= 11 is 1.10. The molecule has 0 saturated heterocycles. The maximum atomic E-state index is 12.2. The Morgan fingerprint density at radius 2 is 2.10 bits per heavy atom. The molecule has 1 aromatic carbocycles. The third-order valence-corrected chi connectivity index (χ3v) is 4.37. The number of benzene rings is 1. The zero-order chi connectivity index (χ0) is 14.8. The lowest BCUT2D eigenvalue weighted by molar-refractivity contribution is 0.0606. The Hall–Kier alpha value is -2.21. The minimum Gasteiger partial charge on any atom is -0.465 e. The van der Waals surface area contributed by atoms with Gasteiger partial charge in [0.05, 0.1) is 13.3 Å². The number of aryl methyl sites for hydroxylation is 2. The molecule has 0 radical (unpaired) electrons. The van der Waals surface area contributed by atoms with Gasteiger partial charge in [-0.15, -0.1) is 0 Å². The Balaban J connectivity index is 1.74. The molecular formula is C15H14N2O3S. The summed E-state index contributed by atoms with van der Waals surface area (Å²) in [5, 5.41) is 3.10. The van der Waals surface area contributed by atoms with Crippen LogP contribution in [0.2, 0.25) is 0 Å². The van der Waals surface area contributed by atoms with Crippen LogP contribution < -0.4 is 5.32 Å². The highest BCUT2D eigenvalue weighted by Gasteiger charge is 2.16. The maximum absolute atomic E-state index is 12.2. The number of esters is 1. The van der Waals surface area contributed by atoms with E-state index in [-0.39, 0.29) is 5.91 Å². The van der Waals surface area contributed by atoms with E-state index in [1.165, 1.54) is 24.4 Å². The van der Waals surface area contributed by atoms with Gasteiger partial charge in [-0.25, -0.2) is 9.78 Å². The standard InChI is InChI=1S/C15H14N2O3S/c1-20-14(19)12-8-16-15(21-12)17-13(18)11-6-5-9-3-2-4-10(9)7-11/h5-8H,2-4H2,1H3,(H,16,17,18). The molecule has 108 valence electrons. The van der Waals surface area contributed by atoms with E-state index in [1.54, 1.807) is 0 Å². The molecule has 5 nitrogen and oxygen atoms in total. The van der Waals surface area contributed by atoms with Gasteiger partial charge < -0.3 is 4.74 Å². The van der Waals surface area contributed by atoms with Crippen LogP contribution in [-0.4, -0.2) is 24.0 Å². The number of anilines is 1. The quantitative estimate of drug-likeness (QED) is 0.885. The van der Waals surface area contributed by atoms with Crippen molar-refractivity contribution in [3.8, 4) is 0 Å². The lowest BCUT2D eigenvalue weighted by Gasteiger charge is -2.04. The molecule has 1 aliphatic carbocycles. The molecule has 1 aromatic heterocycles. The summed E-state index contributed by atoms with van der Waals surface area (Å²) in [5.74, 6) is -0.666. The molecule has 1 heterocycles. The number of nitrogens with one attached hydrogen (secondary N) is 1. The van der Waals surface area contributed by atoms with Gasteiger partial charge in [-0.3, -0.25) is 10.1 Å². The van der Waals surface area contributed by atoms with Gasteiger partial charge in [-0.2, -0.15) is 0 Å². The van der Waals surface area contributed by atoms with Crippen LogP contribution in [0, 0.1) is 0 Å². The molecule has 3 rings (SSSR count). The van der Waals surface area contributed by atoms with Crippen LogP contribution in [0.25, 0.3) is 0 Å². The van der Waals surface area contributed by atoms with Crippen LogP contribution >= 0.6 is 11.3 Å². The van der Waals surface area contributed by atoms with E-state index in [0.29, 0.717) is 15.6 Å². The molecule has 0 atom stereocenters. The molecule has 0 aliphatic heterocycles. The predicted molar refractivity (Wildman–Crippen MR) is 79.9 cm³/mol. The number of hydrogen-bond donors (Lipinski definition) is 1. The van der Waals surface area contributed by atoms with Gasteiger partial charge in [0.1, 0.15) is 4.88 Å². The highest BCUT2D eigenvalue weighted by molar-refractivity contribution is 7.17. The van der Waals surface area contributed by atoms with Crippen molar-refractivity contribution in [2.75, 3.05) is 12.4 Å². The van der Waals surface area contributed by atoms with Crippen molar-refractivity contribution in [2.45, 2.75) is 19.3 Å². The van der Waals surface area contributed by atoms with Crippen molar-refractivity contribution in [1.82, 2.24) is 4.98 Å². The Morgan fingerprint density at radius 1 is 1.29 bits per heavy atom. The van der Waals surface area contributed by atoms with E-state index < -0.39 is 5.97 Å². The molecule has 6 heteroatoms. The Morgan fingerprint density at radius 3 is 2.90 bits per heavy atom. The van der Waals surface area contributed by atoms with Crippen LogP contribution in [0.15, 0.2) is 24.4 Å². The smallest absolute Gasteiger partial charge is 0.349 e. The van der Waals surface area contributed by atoms with Gasteiger partial charge in [0.25, 0.3) is 5.91 Å². The SMILES string of the molecule is COC(=O)c1cnc(NC(=O)c2ccc3c(c2)CCC3)s1. The van der Waals surface area contributed by atoms with Gasteiger partial charge in [0.15, 0.2) is 5.13 Å². The summed E-state index contributed by atoms with van der Waals surface area (Å²) in [4.78, 5) is 27.9. The van der Waals surface area contributed by atoms with Crippen molar-refractivity contribution < 1.29 is 14.3 Å². The summed E-state index contributed by atoms with van der Waals surface area (Å²) in [5.41, 5.74) is 3.19. The Kier molecular flexibility index (Phi) is 3.70. The first-order valence-electron chi connectivity index (χ1n) is 6.64. The normalized spacial score (nSPS) is 12.8. The first kappa shape index (κ1) is 13.8. The fourth-order valence-corrected chi connectivity index (χ4v) is 3.14. The number of rotatable bonds is 3. The Bertz CT molecular complexity index is 709. The van der Waals surface area contributed by atoms with Gasteiger partial charge in [0, 0.05) is 5.56 Å². The van der Waals surface area contributed by atoms with Gasteiger partial charge >= 0.3 is 5.97 Å². The van der Waals surface area contributed by atoms with Gasteiger partial charge in [-0.05, 0) is 42.5 Å².